The van der Waals surface area contributed by atoms with Gasteiger partial charge in [0, 0.05) is 0 Å². The van der Waals surface area contributed by atoms with Gasteiger partial charge in [0.25, 0.3) is 5.91 Å². The number of hydrogen-bond acceptors (Lipinski definition) is 4. The van der Waals surface area contributed by atoms with Gasteiger partial charge in [0.15, 0.2) is 0 Å². The number of hydrogen-bond donors (Lipinski definition) is 4. The summed E-state index contributed by atoms with van der Waals surface area (Å²) >= 11 is 0. The Balaban J connectivity index is 2.91. The van der Waals surface area contributed by atoms with Crippen molar-refractivity contribution in [2.45, 2.75) is 12.5 Å². The summed E-state index contributed by atoms with van der Waals surface area (Å²) in [6.45, 7) is 0. The molecule has 19 heavy (non-hydrogen) atoms. The number of aliphatic carboxylic acids is 1. The maximum Gasteiger partial charge on any atom is 0.326 e. The van der Waals surface area contributed by atoms with Crippen LogP contribution in [0, 0.1) is 5.82 Å². The molecule has 7 nitrogen and oxygen atoms in total. The number of carboxylic acid groups (broad SMARTS) is 1. The molecule has 0 aliphatic heterocycles. The number of carbonyl (C=O) groups excluding carboxylic acids is 2. The zero-order valence-electron chi connectivity index (χ0n) is 9.72. The fourth-order valence-electron chi connectivity index (χ4n) is 1.37. The molecule has 1 rings (SSSR count). The highest BCUT2D eigenvalue weighted by Gasteiger charge is 2.24. The second-order valence-corrected chi connectivity index (χ2v) is 3.74. The van der Waals surface area contributed by atoms with Crippen LogP contribution in [0.1, 0.15) is 16.8 Å². The van der Waals surface area contributed by atoms with E-state index in [1.165, 1.54) is 12.1 Å². The van der Waals surface area contributed by atoms with Gasteiger partial charge in [-0.15, -0.1) is 0 Å². The first kappa shape index (κ1) is 14.4. The zero-order valence-corrected chi connectivity index (χ0v) is 9.72. The van der Waals surface area contributed by atoms with Crippen LogP contribution in [0.2, 0.25) is 0 Å². The number of rotatable bonds is 5. The van der Waals surface area contributed by atoms with E-state index < -0.39 is 41.8 Å². The van der Waals surface area contributed by atoms with E-state index in [9.17, 15) is 18.8 Å². The summed E-state index contributed by atoms with van der Waals surface area (Å²) in [5.74, 6) is -4.01. The van der Waals surface area contributed by atoms with Crippen molar-refractivity contribution in [3.05, 3.63) is 29.6 Å². The van der Waals surface area contributed by atoms with Crippen LogP contribution in [0.4, 0.5) is 10.1 Å². The Hall–Kier alpha value is -2.64. The second-order valence-electron chi connectivity index (χ2n) is 3.74. The van der Waals surface area contributed by atoms with E-state index in [4.69, 9.17) is 16.6 Å². The molecule has 0 fully saturated rings. The quantitative estimate of drug-likeness (QED) is 0.532. The van der Waals surface area contributed by atoms with Gasteiger partial charge in [0.05, 0.1) is 17.7 Å². The molecule has 1 aromatic rings. The van der Waals surface area contributed by atoms with Crippen LogP contribution in [0.5, 0.6) is 0 Å². The third-order valence-electron chi connectivity index (χ3n) is 2.31. The molecule has 0 heterocycles. The number of halogens is 1. The standard InChI is InChI=1S/C11H12FN3O4/c12-6-3-1-2-5(9(6)14)10(17)15-7(11(18)19)4-8(13)16/h1-3,7H,4,14H2,(H2,13,16)(H,15,17)(H,18,19). The van der Waals surface area contributed by atoms with Crippen molar-refractivity contribution >= 4 is 23.5 Å². The average molecular weight is 269 g/mol. The van der Waals surface area contributed by atoms with Crippen LogP contribution < -0.4 is 16.8 Å². The number of nitrogens with two attached hydrogens (primary N) is 2. The lowest BCUT2D eigenvalue weighted by Gasteiger charge is -2.13. The van der Waals surface area contributed by atoms with Crippen molar-refractivity contribution in [3.63, 3.8) is 0 Å². The number of nitrogen functional groups attached to an aromatic ring is 1. The first-order chi connectivity index (χ1) is 8.82. The lowest BCUT2D eigenvalue weighted by Crippen LogP contribution is -2.43. The Kier molecular flexibility index (Phi) is 4.41. The number of nitrogens with one attached hydrogen (secondary N) is 1. The van der Waals surface area contributed by atoms with Crippen molar-refractivity contribution in [3.8, 4) is 0 Å². The van der Waals surface area contributed by atoms with Crippen LogP contribution in [-0.4, -0.2) is 28.9 Å². The average Bonchev–Trinajstić information content (AvgIpc) is 2.31. The van der Waals surface area contributed by atoms with Crippen molar-refractivity contribution in [2.24, 2.45) is 5.73 Å². The van der Waals surface area contributed by atoms with Crippen molar-refractivity contribution < 1.29 is 23.9 Å². The Morgan fingerprint density at radius 2 is 2.00 bits per heavy atom. The summed E-state index contributed by atoms with van der Waals surface area (Å²) in [5, 5.41) is 10.9. The molecule has 1 unspecified atom stereocenters. The van der Waals surface area contributed by atoms with E-state index in [2.05, 4.69) is 0 Å². The van der Waals surface area contributed by atoms with E-state index in [0.29, 0.717) is 0 Å². The summed E-state index contributed by atoms with van der Waals surface area (Å²) in [6.07, 6.45) is -0.573. The highest BCUT2D eigenvalue weighted by molar-refractivity contribution is 6.01. The number of carbonyl (C=O) groups is 3. The topological polar surface area (TPSA) is 136 Å². The number of carboxylic acids is 1. The molecule has 0 aromatic heterocycles. The maximum atomic E-state index is 13.2. The van der Waals surface area contributed by atoms with Gasteiger partial charge < -0.3 is 21.9 Å². The minimum Gasteiger partial charge on any atom is -0.480 e. The second kappa shape index (κ2) is 5.80. The number of amides is 2. The summed E-state index contributed by atoms with van der Waals surface area (Å²) in [7, 11) is 0. The van der Waals surface area contributed by atoms with Gasteiger partial charge in [0.1, 0.15) is 11.9 Å². The van der Waals surface area contributed by atoms with Crippen LogP contribution in [0.3, 0.4) is 0 Å². The Labute approximate surface area is 107 Å². The summed E-state index contributed by atoms with van der Waals surface area (Å²) < 4.78 is 13.2. The first-order valence-electron chi connectivity index (χ1n) is 5.19. The fourth-order valence-corrected chi connectivity index (χ4v) is 1.37. The molecule has 0 bridgehead atoms. The smallest absolute Gasteiger partial charge is 0.326 e. The third kappa shape index (κ3) is 3.66. The van der Waals surface area contributed by atoms with Gasteiger partial charge in [-0.1, -0.05) is 6.07 Å². The highest BCUT2D eigenvalue weighted by Crippen LogP contribution is 2.15. The van der Waals surface area contributed by atoms with E-state index in [-0.39, 0.29) is 5.56 Å². The molecule has 0 saturated heterocycles. The molecular formula is C11H12FN3O4. The Bertz CT molecular complexity index is 533. The summed E-state index contributed by atoms with van der Waals surface area (Å²) in [6, 6.07) is 2.05. The van der Waals surface area contributed by atoms with Gasteiger partial charge in [-0.25, -0.2) is 9.18 Å². The number of para-hydroxylation sites is 1. The van der Waals surface area contributed by atoms with Crippen molar-refractivity contribution in [1.82, 2.24) is 5.32 Å². The normalized spacial score (nSPS) is 11.6. The Morgan fingerprint density at radius 1 is 1.37 bits per heavy atom. The van der Waals surface area contributed by atoms with Gasteiger partial charge in [-0.2, -0.15) is 0 Å². The lowest BCUT2D eigenvalue weighted by molar-refractivity contribution is -0.140. The lowest BCUT2D eigenvalue weighted by atomic mass is 10.1. The molecular weight excluding hydrogens is 257 g/mol. The van der Waals surface area contributed by atoms with Gasteiger partial charge >= 0.3 is 5.97 Å². The molecule has 0 saturated carbocycles. The maximum absolute atomic E-state index is 13.2. The van der Waals surface area contributed by atoms with Gasteiger partial charge in [0.2, 0.25) is 5.91 Å². The number of anilines is 1. The summed E-state index contributed by atoms with van der Waals surface area (Å²) in [4.78, 5) is 33.2. The fraction of sp³-hybridized carbons (Fsp3) is 0.182. The highest BCUT2D eigenvalue weighted by atomic mass is 19.1. The number of benzene rings is 1. The predicted molar refractivity (Wildman–Crippen MR) is 63.5 cm³/mol. The minimum atomic E-state index is -1.49. The van der Waals surface area contributed by atoms with Crippen molar-refractivity contribution in [1.29, 1.82) is 0 Å². The molecule has 6 N–H and O–H groups in total. The summed E-state index contributed by atoms with van der Waals surface area (Å²) in [5.41, 5.74) is 9.61. The van der Waals surface area contributed by atoms with E-state index in [1.807, 2.05) is 5.32 Å². The largest absolute Gasteiger partial charge is 0.480 e. The monoisotopic (exact) mass is 269 g/mol. The molecule has 0 aliphatic rings. The first-order valence-corrected chi connectivity index (χ1v) is 5.19. The van der Waals surface area contributed by atoms with E-state index in [0.717, 1.165) is 6.07 Å². The van der Waals surface area contributed by atoms with E-state index >= 15 is 0 Å². The van der Waals surface area contributed by atoms with Crippen molar-refractivity contribution in [2.75, 3.05) is 5.73 Å². The van der Waals surface area contributed by atoms with Crippen LogP contribution >= 0.6 is 0 Å². The molecule has 1 aromatic carbocycles. The van der Waals surface area contributed by atoms with Gasteiger partial charge in [-0.05, 0) is 12.1 Å². The van der Waals surface area contributed by atoms with E-state index in [1.54, 1.807) is 0 Å². The third-order valence-corrected chi connectivity index (χ3v) is 2.31. The van der Waals surface area contributed by atoms with Crippen LogP contribution in [-0.2, 0) is 9.59 Å². The molecule has 8 heteroatoms. The molecule has 1 atom stereocenters. The molecule has 0 aliphatic carbocycles. The Morgan fingerprint density at radius 3 is 2.53 bits per heavy atom. The number of primary amides is 1. The molecule has 0 spiro atoms. The molecule has 2 amide bonds. The van der Waals surface area contributed by atoms with Crippen LogP contribution in [0.25, 0.3) is 0 Å². The SMILES string of the molecule is NC(=O)CC(NC(=O)c1cccc(F)c1N)C(=O)O. The van der Waals surface area contributed by atoms with Crippen LogP contribution in [0.15, 0.2) is 18.2 Å². The predicted octanol–water partition coefficient (Wildman–Crippen LogP) is -0.534. The van der Waals surface area contributed by atoms with Gasteiger partial charge in [-0.3, -0.25) is 9.59 Å². The minimum absolute atomic E-state index is 0.212. The zero-order chi connectivity index (χ0) is 14.6. The molecule has 0 radical (unpaired) electrons. The molecule has 102 valence electrons.